The summed E-state index contributed by atoms with van der Waals surface area (Å²) in [5, 5.41) is 11.2. The topological polar surface area (TPSA) is 32.3 Å². The number of nitrogens with zero attached hydrogens (tertiary/aromatic N) is 4. The molecule has 2 unspecified atom stereocenters. The number of aromatic nitrogens is 2. The van der Waals surface area contributed by atoms with Gasteiger partial charge in [-0.05, 0) is 50.1 Å². The summed E-state index contributed by atoms with van der Waals surface area (Å²) < 4.78 is 0. The summed E-state index contributed by atoms with van der Waals surface area (Å²) in [5.41, 5.74) is 1.32. The lowest BCUT2D eigenvalue weighted by atomic mass is 9.84. The molecule has 0 radical (unpaired) electrons. The summed E-state index contributed by atoms with van der Waals surface area (Å²) in [6.07, 6.45) is 7.84. The predicted octanol–water partition coefficient (Wildman–Crippen LogP) is 3.58. The number of hydrogen-bond donors (Lipinski definition) is 0. The molecule has 3 aliphatic rings. The maximum atomic E-state index is 4.52. The smallest absolute Gasteiger partial charge is 0.208 e. The third-order valence-corrected chi connectivity index (χ3v) is 7.04. The molecule has 1 aromatic carbocycles. The van der Waals surface area contributed by atoms with E-state index in [2.05, 4.69) is 50.3 Å². The van der Waals surface area contributed by atoms with Crippen molar-refractivity contribution >= 4 is 16.5 Å². The monoisotopic (exact) mass is 354 g/mol. The van der Waals surface area contributed by atoms with Gasteiger partial charge in [0.15, 0.2) is 0 Å². The minimum Gasteiger partial charge on any atom is -0.346 e. The Morgan fingerprint density at radius 2 is 1.88 bits per heavy atom. The predicted molar refractivity (Wildman–Crippen MR) is 102 cm³/mol. The van der Waals surface area contributed by atoms with Gasteiger partial charge < -0.3 is 4.90 Å². The Hall–Kier alpha value is -1.46. The summed E-state index contributed by atoms with van der Waals surface area (Å²) in [5.74, 6) is 0.824. The van der Waals surface area contributed by atoms with Crippen LogP contribution in [0.2, 0.25) is 0 Å². The van der Waals surface area contributed by atoms with Gasteiger partial charge in [0, 0.05) is 31.6 Å². The molecule has 0 spiro atoms. The zero-order valence-electron chi connectivity index (χ0n) is 14.7. The van der Waals surface area contributed by atoms with Gasteiger partial charge in [0.25, 0.3) is 0 Å². The molecular weight excluding hydrogens is 328 g/mol. The quantitative estimate of drug-likeness (QED) is 0.840. The molecule has 2 atom stereocenters. The minimum absolute atomic E-state index is 0.824. The van der Waals surface area contributed by atoms with Crippen molar-refractivity contribution in [2.24, 2.45) is 5.92 Å². The van der Waals surface area contributed by atoms with E-state index in [4.69, 9.17) is 0 Å². The second kappa shape index (κ2) is 6.69. The first-order chi connectivity index (χ1) is 12.4. The fraction of sp³-hybridized carbons (Fsp3) is 0.600. The van der Waals surface area contributed by atoms with Gasteiger partial charge in [-0.3, -0.25) is 4.90 Å². The molecule has 5 heteroatoms. The molecule has 5 rings (SSSR count). The Bertz CT molecular complexity index is 711. The molecule has 2 aromatic rings. The summed E-state index contributed by atoms with van der Waals surface area (Å²) in [6, 6.07) is 12.3. The van der Waals surface area contributed by atoms with Crippen LogP contribution in [0.1, 0.15) is 42.7 Å². The van der Waals surface area contributed by atoms with E-state index in [1.165, 1.54) is 50.8 Å². The van der Waals surface area contributed by atoms with Crippen LogP contribution in [0.15, 0.2) is 30.3 Å². The van der Waals surface area contributed by atoms with E-state index >= 15 is 0 Å². The van der Waals surface area contributed by atoms with E-state index in [0.717, 1.165) is 41.1 Å². The first-order valence-corrected chi connectivity index (χ1v) is 10.6. The average molecular weight is 355 g/mol. The lowest BCUT2D eigenvalue weighted by molar-refractivity contribution is 0.0698. The largest absolute Gasteiger partial charge is 0.346 e. The maximum Gasteiger partial charge on any atom is 0.208 e. The molecule has 1 aromatic heterocycles. The second-order valence-corrected chi connectivity index (χ2v) is 8.85. The molecule has 3 fully saturated rings. The highest BCUT2D eigenvalue weighted by atomic mass is 32.1. The average Bonchev–Trinajstić information content (AvgIpc) is 3.40. The van der Waals surface area contributed by atoms with Crippen LogP contribution in [0, 0.1) is 5.92 Å². The molecule has 25 heavy (non-hydrogen) atoms. The lowest BCUT2D eigenvalue weighted by Crippen LogP contribution is -2.54. The standard InChI is InChI=1S/C20H26N4S/c1-2-5-15(6-3-1)13-19-21-22-20(25-19)23-12-10-18-16(14-23)7-4-11-24(18)17-8-9-17/h1-3,5-6,16-18H,4,7-14H2. The highest BCUT2D eigenvalue weighted by Gasteiger charge is 2.42. The first kappa shape index (κ1) is 15.8. The number of fused-ring (bicyclic) bond motifs is 1. The molecule has 2 aliphatic heterocycles. The molecule has 132 valence electrons. The summed E-state index contributed by atoms with van der Waals surface area (Å²) in [7, 11) is 0. The van der Waals surface area contributed by atoms with Crippen molar-refractivity contribution in [1.29, 1.82) is 0 Å². The van der Waals surface area contributed by atoms with Crippen molar-refractivity contribution in [2.45, 2.75) is 50.6 Å². The maximum absolute atomic E-state index is 4.52. The molecule has 4 nitrogen and oxygen atoms in total. The SMILES string of the molecule is c1ccc(Cc2nnc(N3CCC4C(CCCN4C4CC4)C3)s2)cc1. The van der Waals surface area contributed by atoms with Crippen molar-refractivity contribution < 1.29 is 0 Å². The van der Waals surface area contributed by atoms with Gasteiger partial charge in [-0.15, -0.1) is 10.2 Å². The van der Waals surface area contributed by atoms with Gasteiger partial charge in [-0.1, -0.05) is 41.7 Å². The molecule has 3 heterocycles. The molecule has 2 saturated heterocycles. The number of likely N-dealkylation sites (tertiary alicyclic amines) is 1. The zero-order chi connectivity index (χ0) is 16.6. The molecule has 1 saturated carbocycles. The Balaban J connectivity index is 1.26. The van der Waals surface area contributed by atoms with Crippen molar-refractivity contribution in [1.82, 2.24) is 15.1 Å². The van der Waals surface area contributed by atoms with E-state index in [9.17, 15) is 0 Å². The highest BCUT2D eigenvalue weighted by Crippen LogP contribution is 2.39. The van der Waals surface area contributed by atoms with Crippen LogP contribution < -0.4 is 4.90 Å². The summed E-state index contributed by atoms with van der Waals surface area (Å²) in [6.45, 7) is 3.66. The molecular formula is C20H26N4S. The fourth-order valence-electron chi connectivity index (χ4n) is 4.69. The van der Waals surface area contributed by atoms with Gasteiger partial charge in [-0.2, -0.15) is 0 Å². The third kappa shape index (κ3) is 3.32. The summed E-state index contributed by atoms with van der Waals surface area (Å²) >= 11 is 1.78. The molecule has 0 amide bonds. The number of hydrogen-bond acceptors (Lipinski definition) is 5. The second-order valence-electron chi connectivity index (χ2n) is 7.81. The van der Waals surface area contributed by atoms with Crippen LogP contribution in [0.4, 0.5) is 5.13 Å². The van der Waals surface area contributed by atoms with Crippen LogP contribution >= 0.6 is 11.3 Å². The van der Waals surface area contributed by atoms with Crippen molar-refractivity contribution in [3.63, 3.8) is 0 Å². The lowest BCUT2D eigenvalue weighted by Gasteiger charge is -2.47. The van der Waals surface area contributed by atoms with E-state index in [1.807, 2.05) is 0 Å². The van der Waals surface area contributed by atoms with Crippen LogP contribution in [-0.4, -0.2) is 46.8 Å². The van der Waals surface area contributed by atoms with E-state index < -0.39 is 0 Å². The zero-order valence-corrected chi connectivity index (χ0v) is 15.5. The number of piperidine rings is 2. The normalized spacial score (nSPS) is 27.3. The summed E-state index contributed by atoms with van der Waals surface area (Å²) in [4.78, 5) is 5.34. The Morgan fingerprint density at radius 1 is 1.00 bits per heavy atom. The molecule has 0 N–H and O–H groups in total. The van der Waals surface area contributed by atoms with Crippen molar-refractivity contribution in [2.75, 3.05) is 24.5 Å². The van der Waals surface area contributed by atoms with Gasteiger partial charge in [0.2, 0.25) is 5.13 Å². The number of benzene rings is 1. The molecule has 1 aliphatic carbocycles. The van der Waals surface area contributed by atoms with Crippen molar-refractivity contribution in [3.05, 3.63) is 40.9 Å². The molecule has 0 bridgehead atoms. The van der Waals surface area contributed by atoms with E-state index in [0.29, 0.717) is 0 Å². The third-order valence-electron chi connectivity index (χ3n) is 6.05. The Kier molecular flexibility index (Phi) is 4.22. The van der Waals surface area contributed by atoms with Crippen molar-refractivity contribution in [3.8, 4) is 0 Å². The van der Waals surface area contributed by atoms with E-state index in [-0.39, 0.29) is 0 Å². The van der Waals surface area contributed by atoms with Crippen LogP contribution in [0.3, 0.4) is 0 Å². The van der Waals surface area contributed by atoms with Gasteiger partial charge in [0.1, 0.15) is 5.01 Å². The number of anilines is 1. The van der Waals surface area contributed by atoms with Crippen LogP contribution in [0.5, 0.6) is 0 Å². The fourth-order valence-corrected chi connectivity index (χ4v) is 5.60. The highest BCUT2D eigenvalue weighted by molar-refractivity contribution is 7.15. The van der Waals surface area contributed by atoms with Gasteiger partial charge in [-0.25, -0.2) is 0 Å². The van der Waals surface area contributed by atoms with Crippen LogP contribution in [-0.2, 0) is 6.42 Å². The van der Waals surface area contributed by atoms with Crippen LogP contribution in [0.25, 0.3) is 0 Å². The Morgan fingerprint density at radius 3 is 2.72 bits per heavy atom. The minimum atomic E-state index is 0.824. The Labute approximate surface area is 153 Å². The van der Waals surface area contributed by atoms with Gasteiger partial charge in [0.05, 0.1) is 0 Å². The number of rotatable bonds is 4. The first-order valence-electron chi connectivity index (χ1n) is 9.74. The van der Waals surface area contributed by atoms with E-state index in [1.54, 1.807) is 11.3 Å². The van der Waals surface area contributed by atoms with Gasteiger partial charge >= 0.3 is 0 Å².